The number of hydrogen-bond acceptors (Lipinski definition) is 5. The molecular weight excluding hydrogens is 252 g/mol. The number of hydrogen-bond donors (Lipinski definition) is 2. The molecule has 0 spiro atoms. The lowest BCUT2D eigenvalue weighted by Gasteiger charge is -2.35. The van der Waals surface area contributed by atoms with E-state index in [-0.39, 0.29) is 6.10 Å². The van der Waals surface area contributed by atoms with E-state index in [0.29, 0.717) is 16.9 Å². The summed E-state index contributed by atoms with van der Waals surface area (Å²) >= 11 is 6.12. The molecule has 0 radical (unpaired) electrons. The van der Waals surface area contributed by atoms with Gasteiger partial charge in [0.2, 0.25) is 5.95 Å². The number of rotatable bonds is 5. The molecule has 0 atom stereocenters. The van der Waals surface area contributed by atoms with Crippen molar-refractivity contribution >= 4 is 23.4 Å². The maximum atomic E-state index is 9.29. The van der Waals surface area contributed by atoms with Gasteiger partial charge in [0.1, 0.15) is 5.02 Å². The highest BCUT2D eigenvalue weighted by atomic mass is 35.5. The first-order valence-corrected chi connectivity index (χ1v) is 6.63. The smallest absolute Gasteiger partial charge is 0.224 e. The second-order valence-electron chi connectivity index (χ2n) is 4.77. The minimum Gasteiger partial charge on any atom is -0.393 e. The Hall–Kier alpha value is -1.07. The zero-order valence-corrected chi connectivity index (χ0v) is 11.5. The lowest BCUT2D eigenvalue weighted by atomic mass is 9.82. The molecule has 0 unspecified atom stereocenters. The fraction of sp³-hybridized carbons (Fsp3) is 0.667. The van der Waals surface area contributed by atoms with Crippen molar-refractivity contribution in [3.63, 3.8) is 0 Å². The van der Waals surface area contributed by atoms with E-state index in [1.54, 1.807) is 6.20 Å². The molecule has 5 nitrogen and oxygen atoms in total. The first-order valence-electron chi connectivity index (χ1n) is 6.25. The zero-order valence-electron chi connectivity index (χ0n) is 10.7. The second-order valence-corrected chi connectivity index (χ2v) is 5.17. The van der Waals surface area contributed by atoms with Crippen LogP contribution in [0.5, 0.6) is 0 Å². The zero-order chi connectivity index (χ0) is 13.1. The Labute approximate surface area is 112 Å². The minimum absolute atomic E-state index is 0.124. The highest BCUT2D eigenvalue weighted by Gasteiger charge is 2.28. The van der Waals surface area contributed by atoms with Gasteiger partial charge in [-0.2, -0.15) is 4.98 Å². The van der Waals surface area contributed by atoms with Gasteiger partial charge >= 0.3 is 0 Å². The van der Waals surface area contributed by atoms with Crippen LogP contribution < -0.4 is 10.2 Å². The highest BCUT2D eigenvalue weighted by molar-refractivity contribution is 6.32. The Morgan fingerprint density at radius 1 is 1.56 bits per heavy atom. The standard InChI is InChI=1S/C12H19ClN4O/c1-3-14-12-15-6-10(13)11(16-12)17(2)7-8-4-9(18)5-8/h6,8-9,18H,3-5,7H2,1-2H3,(H,14,15,16). The van der Waals surface area contributed by atoms with Gasteiger partial charge in [-0.05, 0) is 25.7 Å². The van der Waals surface area contributed by atoms with Crippen LogP contribution in [-0.4, -0.2) is 41.3 Å². The molecule has 0 aliphatic heterocycles. The Kier molecular flexibility index (Phi) is 4.24. The van der Waals surface area contributed by atoms with E-state index >= 15 is 0 Å². The van der Waals surface area contributed by atoms with E-state index in [1.165, 1.54) is 0 Å². The molecule has 2 rings (SSSR count). The molecule has 0 saturated heterocycles. The third kappa shape index (κ3) is 3.03. The molecule has 2 N–H and O–H groups in total. The van der Waals surface area contributed by atoms with E-state index in [4.69, 9.17) is 11.6 Å². The van der Waals surface area contributed by atoms with Gasteiger partial charge in [0, 0.05) is 20.1 Å². The van der Waals surface area contributed by atoms with Crippen molar-refractivity contribution in [3.8, 4) is 0 Å². The number of aliphatic hydroxyl groups is 1. The highest BCUT2D eigenvalue weighted by Crippen LogP contribution is 2.30. The summed E-state index contributed by atoms with van der Waals surface area (Å²) in [5, 5.41) is 12.9. The van der Waals surface area contributed by atoms with Gasteiger partial charge < -0.3 is 15.3 Å². The average molecular weight is 271 g/mol. The van der Waals surface area contributed by atoms with E-state index in [2.05, 4.69) is 15.3 Å². The molecular formula is C12H19ClN4O. The Morgan fingerprint density at radius 3 is 2.89 bits per heavy atom. The van der Waals surface area contributed by atoms with Crippen molar-refractivity contribution in [1.82, 2.24) is 9.97 Å². The Balaban J connectivity index is 2.03. The molecule has 100 valence electrons. The SMILES string of the molecule is CCNc1ncc(Cl)c(N(C)CC2CC(O)C2)n1. The van der Waals surface area contributed by atoms with Crippen LogP contribution in [0.15, 0.2) is 6.20 Å². The van der Waals surface area contributed by atoms with Crippen LogP contribution in [0.25, 0.3) is 0 Å². The van der Waals surface area contributed by atoms with Gasteiger partial charge in [-0.25, -0.2) is 4.98 Å². The fourth-order valence-electron chi connectivity index (χ4n) is 2.19. The van der Waals surface area contributed by atoms with E-state index in [1.807, 2.05) is 18.9 Å². The largest absolute Gasteiger partial charge is 0.393 e. The van der Waals surface area contributed by atoms with Crippen LogP contribution in [0, 0.1) is 5.92 Å². The minimum atomic E-state index is -0.124. The molecule has 1 fully saturated rings. The summed E-state index contributed by atoms with van der Waals surface area (Å²) in [6, 6.07) is 0. The van der Waals surface area contributed by atoms with Crippen molar-refractivity contribution in [2.45, 2.75) is 25.9 Å². The number of aliphatic hydroxyl groups excluding tert-OH is 1. The molecule has 1 aliphatic carbocycles. The molecule has 0 aromatic carbocycles. The van der Waals surface area contributed by atoms with E-state index in [0.717, 1.165) is 31.7 Å². The summed E-state index contributed by atoms with van der Waals surface area (Å²) in [6.07, 6.45) is 3.23. The van der Waals surface area contributed by atoms with Crippen molar-refractivity contribution in [2.75, 3.05) is 30.4 Å². The van der Waals surface area contributed by atoms with Crippen molar-refractivity contribution in [2.24, 2.45) is 5.92 Å². The topological polar surface area (TPSA) is 61.3 Å². The molecule has 1 aliphatic rings. The number of halogens is 1. The van der Waals surface area contributed by atoms with Gasteiger partial charge in [0.05, 0.1) is 12.3 Å². The molecule has 6 heteroatoms. The lowest BCUT2D eigenvalue weighted by molar-refractivity contribution is 0.0464. The van der Waals surface area contributed by atoms with Gasteiger partial charge in [-0.3, -0.25) is 0 Å². The summed E-state index contributed by atoms with van der Waals surface area (Å²) in [5.74, 6) is 1.86. The van der Waals surface area contributed by atoms with Gasteiger partial charge in [-0.1, -0.05) is 11.6 Å². The average Bonchev–Trinajstić information content (AvgIpc) is 2.30. The molecule has 0 amide bonds. The van der Waals surface area contributed by atoms with E-state index in [9.17, 15) is 5.11 Å². The first kappa shape index (κ1) is 13.4. The predicted molar refractivity (Wildman–Crippen MR) is 73.2 cm³/mol. The lowest BCUT2D eigenvalue weighted by Crippen LogP contribution is -2.37. The maximum Gasteiger partial charge on any atom is 0.224 e. The van der Waals surface area contributed by atoms with Crippen LogP contribution in [-0.2, 0) is 0 Å². The molecule has 0 bridgehead atoms. The number of nitrogens with zero attached hydrogens (tertiary/aromatic N) is 3. The third-order valence-electron chi connectivity index (χ3n) is 3.16. The summed E-state index contributed by atoms with van der Waals surface area (Å²) in [5.41, 5.74) is 0. The maximum absolute atomic E-state index is 9.29. The van der Waals surface area contributed by atoms with Crippen molar-refractivity contribution in [1.29, 1.82) is 0 Å². The van der Waals surface area contributed by atoms with Crippen molar-refractivity contribution < 1.29 is 5.11 Å². The van der Waals surface area contributed by atoms with Crippen molar-refractivity contribution in [3.05, 3.63) is 11.2 Å². The van der Waals surface area contributed by atoms with Crippen LogP contribution >= 0.6 is 11.6 Å². The van der Waals surface area contributed by atoms with Crippen LogP contribution in [0.2, 0.25) is 5.02 Å². The molecule has 1 heterocycles. The van der Waals surface area contributed by atoms with Crippen LogP contribution in [0.1, 0.15) is 19.8 Å². The second kappa shape index (κ2) is 5.71. The summed E-state index contributed by atoms with van der Waals surface area (Å²) in [4.78, 5) is 10.5. The summed E-state index contributed by atoms with van der Waals surface area (Å²) in [6.45, 7) is 3.63. The normalized spacial score (nSPS) is 22.4. The number of aromatic nitrogens is 2. The number of nitrogens with one attached hydrogen (secondary N) is 1. The molecule has 1 aromatic rings. The Morgan fingerprint density at radius 2 is 2.28 bits per heavy atom. The quantitative estimate of drug-likeness (QED) is 0.854. The molecule has 1 aromatic heterocycles. The fourth-order valence-corrected chi connectivity index (χ4v) is 2.43. The summed E-state index contributed by atoms with van der Waals surface area (Å²) in [7, 11) is 1.97. The third-order valence-corrected chi connectivity index (χ3v) is 3.43. The van der Waals surface area contributed by atoms with Crippen LogP contribution in [0.3, 0.4) is 0 Å². The molecule has 18 heavy (non-hydrogen) atoms. The number of anilines is 2. The molecule has 1 saturated carbocycles. The van der Waals surface area contributed by atoms with Crippen LogP contribution in [0.4, 0.5) is 11.8 Å². The van der Waals surface area contributed by atoms with Gasteiger partial charge in [0.15, 0.2) is 5.82 Å². The predicted octanol–water partition coefficient (Wildman–Crippen LogP) is 1.77. The monoisotopic (exact) mass is 270 g/mol. The summed E-state index contributed by atoms with van der Waals surface area (Å²) < 4.78 is 0. The van der Waals surface area contributed by atoms with Gasteiger partial charge in [-0.15, -0.1) is 0 Å². The first-order chi connectivity index (χ1) is 8.60. The Bertz CT molecular complexity index is 409. The van der Waals surface area contributed by atoms with Gasteiger partial charge in [0.25, 0.3) is 0 Å². The van der Waals surface area contributed by atoms with E-state index < -0.39 is 0 Å².